The second kappa shape index (κ2) is 5.61. The monoisotopic (exact) mass is 209 g/mol. The summed E-state index contributed by atoms with van der Waals surface area (Å²) in [4.78, 5) is 20.1. The molecule has 7 heteroatoms. The number of aliphatic hydroxyl groups excluding tert-OH is 1. The summed E-state index contributed by atoms with van der Waals surface area (Å²) in [5.41, 5.74) is 0. The number of rotatable bonds is 6. The van der Waals surface area contributed by atoms with Crippen molar-refractivity contribution in [2.24, 2.45) is 0 Å². The molecule has 0 saturated heterocycles. The van der Waals surface area contributed by atoms with Gasteiger partial charge in [-0.3, -0.25) is 4.79 Å². The van der Waals surface area contributed by atoms with Gasteiger partial charge in [-0.15, -0.1) is 0 Å². The largest absolute Gasteiger partial charge is 0.481 e. The number of hydrogen-bond acceptors (Lipinski definition) is 4. The van der Waals surface area contributed by atoms with Crippen molar-refractivity contribution in [2.45, 2.75) is 12.5 Å². The molecule has 6 nitrogen and oxygen atoms in total. The van der Waals surface area contributed by atoms with Crippen LogP contribution in [0.1, 0.15) is 6.42 Å². The summed E-state index contributed by atoms with van der Waals surface area (Å²) in [7, 11) is -1.95. The van der Waals surface area contributed by atoms with Crippen LogP contribution < -0.4 is 0 Å². The molecule has 0 aromatic rings. The van der Waals surface area contributed by atoms with Crippen LogP contribution in [0.3, 0.4) is 0 Å². The van der Waals surface area contributed by atoms with E-state index in [0.717, 1.165) is 0 Å². The first-order valence-corrected chi connectivity index (χ1v) is 5.11. The van der Waals surface area contributed by atoms with Crippen LogP contribution in [0.25, 0.3) is 0 Å². The normalized spacial score (nSPS) is 13.5. The highest BCUT2D eigenvalue weighted by Crippen LogP contribution is 2.22. The van der Waals surface area contributed by atoms with Crippen molar-refractivity contribution in [3.63, 3.8) is 0 Å². The van der Waals surface area contributed by atoms with Crippen molar-refractivity contribution in [1.29, 1.82) is 0 Å². The van der Waals surface area contributed by atoms with Crippen molar-refractivity contribution in [1.82, 2.24) is 0 Å². The maximum Gasteiger partial charge on any atom is 0.342 e. The van der Waals surface area contributed by atoms with E-state index in [4.69, 9.17) is 15.3 Å². The van der Waals surface area contributed by atoms with Gasteiger partial charge in [-0.1, -0.05) is 4.57 Å². The van der Waals surface area contributed by atoms with Crippen LogP contribution in [0.5, 0.6) is 0 Å². The molecule has 0 amide bonds. The lowest BCUT2D eigenvalue weighted by molar-refractivity contribution is -0.145. The third-order valence-electron chi connectivity index (χ3n) is 1.24. The van der Waals surface area contributed by atoms with E-state index in [0.29, 0.717) is 0 Å². The van der Waals surface area contributed by atoms with E-state index in [1.807, 2.05) is 0 Å². The number of hydrogen-bond donors (Lipinski definition) is 3. The minimum Gasteiger partial charge on any atom is -0.481 e. The number of aliphatic hydroxyl groups is 1. The van der Waals surface area contributed by atoms with Crippen LogP contribution in [0.15, 0.2) is 0 Å². The van der Waals surface area contributed by atoms with Crippen LogP contribution >= 0.6 is 7.80 Å². The number of carbonyl (C=O) groups is 2. The zero-order chi connectivity index (χ0) is 10.4. The lowest BCUT2D eigenvalue weighted by Crippen LogP contribution is -2.22. The van der Waals surface area contributed by atoms with Gasteiger partial charge in [0.1, 0.15) is 0 Å². The van der Waals surface area contributed by atoms with Crippen LogP contribution in [0, 0.1) is 0 Å². The summed E-state index contributed by atoms with van der Waals surface area (Å²) in [6.07, 6.45) is -2.44. The fourth-order valence-corrected chi connectivity index (χ4v) is 1.75. The number of carboxylic acid groups (broad SMARTS) is 2. The van der Waals surface area contributed by atoms with E-state index in [2.05, 4.69) is 0 Å². The molecule has 13 heavy (non-hydrogen) atoms. The molecule has 0 bridgehead atoms. The second-order valence-corrected chi connectivity index (χ2v) is 4.16. The highest BCUT2D eigenvalue weighted by atomic mass is 31.1. The Labute approximate surface area is 75.0 Å². The van der Waals surface area contributed by atoms with Gasteiger partial charge in [0.2, 0.25) is 0 Å². The molecule has 74 valence electrons. The van der Waals surface area contributed by atoms with Crippen molar-refractivity contribution in [3.05, 3.63) is 0 Å². The molecule has 2 unspecified atom stereocenters. The molecule has 0 aromatic heterocycles. The van der Waals surface area contributed by atoms with E-state index in [9.17, 15) is 14.2 Å². The van der Waals surface area contributed by atoms with Crippen molar-refractivity contribution < 1.29 is 29.5 Å². The van der Waals surface area contributed by atoms with Crippen molar-refractivity contribution in [3.8, 4) is 0 Å². The lowest BCUT2D eigenvalue weighted by atomic mass is 10.4. The summed E-state index contributed by atoms with van der Waals surface area (Å²) < 4.78 is 10.9. The number of carboxylic acids is 2. The maximum atomic E-state index is 10.9. The molecule has 0 spiro atoms. The Balaban J connectivity index is 3.74. The van der Waals surface area contributed by atoms with Crippen LogP contribution in [-0.4, -0.2) is 45.7 Å². The summed E-state index contributed by atoms with van der Waals surface area (Å²) in [6.45, 7) is 0. The zero-order valence-corrected chi connectivity index (χ0v) is 7.61. The smallest absolute Gasteiger partial charge is 0.342 e. The van der Waals surface area contributed by atoms with Gasteiger partial charge < -0.3 is 15.3 Å². The number of aliphatic carboxylic acids is 2. The minimum atomic E-state index is -1.95. The Morgan fingerprint density at radius 2 is 1.85 bits per heavy atom. The highest BCUT2D eigenvalue weighted by Gasteiger charge is 2.26. The molecule has 0 aromatic carbocycles. The average Bonchev–Trinajstić information content (AvgIpc) is 2.00. The summed E-state index contributed by atoms with van der Waals surface area (Å²) in [5.74, 6) is -2.54. The van der Waals surface area contributed by atoms with Gasteiger partial charge >= 0.3 is 19.7 Å². The van der Waals surface area contributed by atoms with Gasteiger partial charge in [-0.25, -0.2) is 4.79 Å². The predicted octanol–water partition coefficient (Wildman–Crippen LogP) is -0.266. The fourth-order valence-electron chi connectivity index (χ4n) is 0.583. The van der Waals surface area contributed by atoms with Gasteiger partial charge in [0.15, 0.2) is 18.4 Å². The lowest BCUT2D eigenvalue weighted by Gasteiger charge is -1.95. The third kappa shape index (κ3) is 6.19. The van der Waals surface area contributed by atoms with E-state index in [1.165, 1.54) is 0 Å². The van der Waals surface area contributed by atoms with Gasteiger partial charge in [0.25, 0.3) is 0 Å². The third-order valence-corrected chi connectivity index (χ3v) is 2.71. The second-order valence-electron chi connectivity index (χ2n) is 2.39. The molecule has 0 saturated carbocycles. The van der Waals surface area contributed by atoms with Crippen molar-refractivity contribution in [2.75, 3.05) is 12.3 Å². The van der Waals surface area contributed by atoms with E-state index >= 15 is 0 Å². The first kappa shape index (κ1) is 12.0. The molecule has 3 N–H and O–H groups in total. The van der Waals surface area contributed by atoms with Gasteiger partial charge in [-0.2, -0.15) is 0 Å². The summed E-state index contributed by atoms with van der Waals surface area (Å²) in [5, 5.41) is 25.1. The maximum absolute atomic E-state index is 10.9. The molecular weight excluding hydrogens is 199 g/mol. The molecule has 2 atom stereocenters. The Kier molecular flexibility index (Phi) is 5.18. The molecule has 0 radical (unpaired) electrons. The highest BCUT2D eigenvalue weighted by molar-refractivity contribution is 7.44. The van der Waals surface area contributed by atoms with Gasteiger partial charge in [0, 0.05) is 0 Å². The fraction of sp³-hybridized carbons (Fsp3) is 0.667. The summed E-state index contributed by atoms with van der Waals surface area (Å²) >= 11 is 0. The summed E-state index contributed by atoms with van der Waals surface area (Å²) in [6, 6.07) is 0. The first-order valence-electron chi connectivity index (χ1n) is 3.48. The van der Waals surface area contributed by atoms with Crippen LogP contribution in [-0.2, 0) is 14.2 Å². The van der Waals surface area contributed by atoms with Crippen LogP contribution in [0.2, 0.25) is 0 Å². The Morgan fingerprint density at radius 3 is 2.23 bits per heavy atom. The molecule has 0 heterocycles. The van der Waals surface area contributed by atoms with Crippen LogP contribution in [0.4, 0.5) is 0 Å². The topological polar surface area (TPSA) is 112 Å². The van der Waals surface area contributed by atoms with E-state index in [-0.39, 0.29) is 12.6 Å². The molecule has 0 rings (SSSR count). The molecule has 0 aliphatic rings. The minimum absolute atomic E-state index is 0.102. The van der Waals surface area contributed by atoms with Crippen molar-refractivity contribution >= 4 is 19.7 Å². The van der Waals surface area contributed by atoms with Gasteiger partial charge in [0.05, 0.1) is 6.42 Å². The standard InChI is InChI=1S/C6H9O6P/c7-4(6(10)11)3-13(12)2-1-5(8)9/h4,7H,1-3H2,(H-,8,9,10,11)/p+1. The SMILES string of the molecule is O=C(O)CC[P+](=O)CC(O)C(=O)O. The average molecular weight is 209 g/mol. The molecule has 0 fully saturated rings. The van der Waals surface area contributed by atoms with E-state index in [1.54, 1.807) is 0 Å². The van der Waals surface area contributed by atoms with Gasteiger partial charge in [-0.05, 0) is 0 Å². The molecule has 0 aliphatic carbocycles. The zero-order valence-electron chi connectivity index (χ0n) is 6.71. The Hall–Kier alpha value is -1.00. The first-order chi connectivity index (χ1) is 5.93. The van der Waals surface area contributed by atoms with E-state index < -0.39 is 32.0 Å². The Morgan fingerprint density at radius 1 is 1.31 bits per heavy atom. The predicted molar refractivity (Wildman–Crippen MR) is 43.2 cm³/mol. The quantitative estimate of drug-likeness (QED) is 0.519. The molecule has 0 aliphatic heterocycles. The Bertz CT molecular complexity index is 225. The molecular formula is C6H10O6P+.